The van der Waals surface area contributed by atoms with E-state index < -0.39 is 5.91 Å². The quantitative estimate of drug-likeness (QED) is 0.471. The molecule has 0 aliphatic rings. The van der Waals surface area contributed by atoms with Crippen molar-refractivity contribution < 1.29 is 14.3 Å². The Bertz CT molecular complexity index is 1090. The number of hydrogen-bond acceptors (Lipinski definition) is 4. The van der Waals surface area contributed by atoms with Crippen molar-refractivity contribution in [3.8, 4) is 5.75 Å². The van der Waals surface area contributed by atoms with Crippen molar-refractivity contribution in [2.24, 2.45) is 4.99 Å². The minimum Gasteiger partial charge on any atom is -0.482 e. The molecule has 0 saturated heterocycles. The molecule has 5 nitrogen and oxygen atoms in total. The van der Waals surface area contributed by atoms with Crippen molar-refractivity contribution in [3.05, 3.63) is 55.2 Å². The van der Waals surface area contributed by atoms with E-state index in [9.17, 15) is 4.79 Å². The Balaban J connectivity index is 1.91. The minimum atomic E-state index is -0.467. The smallest absolute Gasteiger partial charge is 0.286 e. The Morgan fingerprint density at radius 3 is 2.57 bits per heavy atom. The normalized spacial score (nSPS) is 12.0. The van der Waals surface area contributed by atoms with Gasteiger partial charge in [0.2, 0.25) is 0 Å². The van der Waals surface area contributed by atoms with Gasteiger partial charge in [-0.25, -0.2) is 0 Å². The van der Waals surface area contributed by atoms with Gasteiger partial charge in [-0.2, -0.15) is 4.99 Å². The zero-order chi connectivity index (χ0) is 20.3. The highest BCUT2D eigenvalue weighted by Crippen LogP contribution is 2.30. The van der Waals surface area contributed by atoms with Gasteiger partial charge >= 0.3 is 0 Å². The molecular formula is C18H14Cl4N2O3S. The molecule has 0 saturated carbocycles. The van der Waals surface area contributed by atoms with Crippen molar-refractivity contribution in [1.29, 1.82) is 0 Å². The summed E-state index contributed by atoms with van der Waals surface area (Å²) in [6, 6.07) is 8.19. The Hall–Kier alpha value is -1.28. The van der Waals surface area contributed by atoms with Crippen LogP contribution in [0.4, 0.5) is 0 Å². The zero-order valence-corrected chi connectivity index (χ0v) is 18.4. The number of halogens is 4. The highest BCUT2D eigenvalue weighted by Gasteiger charge is 2.13. The molecular weight excluding hydrogens is 466 g/mol. The first-order chi connectivity index (χ1) is 13.4. The fourth-order valence-corrected chi connectivity index (χ4v) is 4.79. The largest absolute Gasteiger partial charge is 0.482 e. The molecule has 3 aromatic rings. The van der Waals surface area contributed by atoms with Crippen LogP contribution >= 0.6 is 57.7 Å². The molecule has 1 amide bonds. The lowest BCUT2D eigenvalue weighted by Gasteiger charge is -2.07. The number of rotatable bonds is 6. The number of hydrogen-bond donors (Lipinski definition) is 0. The molecule has 1 aromatic heterocycles. The van der Waals surface area contributed by atoms with Crippen LogP contribution in [0.25, 0.3) is 10.2 Å². The summed E-state index contributed by atoms with van der Waals surface area (Å²) in [6.07, 6.45) is 0. The number of amides is 1. The Labute approximate surface area is 185 Å². The third kappa shape index (κ3) is 5.00. The molecule has 0 aliphatic carbocycles. The molecule has 0 bridgehead atoms. The van der Waals surface area contributed by atoms with E-state index in [4.69, 9.17) is 55.9 Å². The fraction of sp³-hybridized carbons (Fsp3) is 0.222. The number of carbonyl (C=O) groups excluding carboxylic acids is 1. The van der Waals surface area contributed by atoms with Crippen LogP contribution in [0.3, 0.4) is 0 Å². The average Bonchev–Trinajstić information content (AvgIpc) is 2.96. The van der Waals surface area contributed by atoms with Crippen LogP contribution in [-0.4, -0.2) is 30.8 Å². The van der Waals surface area contributed by atoms with Crippen molar-refractivity contribution in [3.63, 3.8) is 0 Å². The number of fused-ring (bicyclic) bond motifs is 1. The van der Waals surface area contributed by atoms with Gasteiger partial charge in [0.05, 0.1) is 26.9 Å². The van der Waals surface area contributed by atoms with Gasteiger partial charge in [-0.1, -0.05) is 57.7 Å². The van der Waals surface area contributed by atoms with Crippen LogP contribution in [0.15, 0.2) is 35.3 Å². The van der Waals surface area contributed by atoms with Crippen molar-refractivity contribution in [1.82, 2.24) is 4.57 Å². The molecule has 0 N–H and O–H groups in total. The molecule has 148 valence electrons. The maximum atomic E-state index is 12.4. The van der Waals surface area contributed by atoms with E-state index in [-0.39, 0.29) is 6.61 Å². The summed E-state index contributed by atoms with van der Waals surface area (Å²) in [6.45, 7) is 0.644. The molecule has 0 radical (unpaired) electrons. The lowest BCUT2D eigenvalue weighted by Crippen LogP contribution is -2.21. The molecule has 0 atom stereocenters. The van der Waals surface area contributed by atoms with Crippen molar-refractivity contribution in [2.75, 3.05) is 20.3 Å². The molecule has 0 unspecified atom stereocenters. The number of methoxy groups -OCH3 is 1. The zero-order valence-electron chi connectivity index (χ0n) is 14.5. The Morgan fingerprint density at radius 1 is 1.11 bits per heavy atom. The van der Waals surface area contributed by atoms with Crippen molar-refractivity contribution in [2.45, 2.75) is 6.54 Å². The maximum absolute atomic E-state index is 12.4. The molecule has 3 rings (SSSR count). The first-order valence-corrected chi connectivity index (χ1v) is 10.3. The predicted octanol–water partition coefficient (Wildman–Crippen LogP) is 5.47. The summed E-state index contributed by atoms with van der Waals surface area (Å²) in [4.78, 5) is 17.0. The number of thiazole rings is 1. The van der Waals surface area contributed by atoms with Crippen LogP contribution in [0.5, 0.6) is 5.75 Å². The standard InChI is InChI=1S/C18H14Cl4N2O3S/c1-26-5-4-24-17-13(22)7-11(20)8-15(17)28-18(24)23-16(25)9-27-14-3-2-10(19)6-12(14)21/h2-3,6-8H,4-5,9H2,1H3. The third-order valence-corrected chi connectivity index (χ3v) is 5.74. The average molecular weight is 480 g/mol. The summed E-state index contributed by atoms with van der Waals surface area (Å²) in [7, 11) is 1.60. The van der Waals surface area contributed by atoms with E-state index >= 15 is 0 Å². The van der Waals surface area contributed by atoms with Gasteiger partial charge in [-0.3, -0.25) is 4.79 Å². The van der Waals surface area contributed by atoms with Crippen molar-refractivity contribution >= 4 is 73.9 Å². The molecule has 0 spiro atoms. The molecule has 28 heavy (non-hydrogen) atoms. The predicted molar refractivity (Wildman–Crippen MR) is 114 cm³/mol. The third-order valence-electron chi connectivity index (χ3n) is 3.68. The Kier molecular flexibility index (Phi) is 7.25. The SMILES string of the molecule is COCCn1c(=NC(=O)COc2ccc(Cl)cc2Cl)sc2cc(Cl)cc(Cl)c21. The number of carbonyl (C=O) groups is 1. The number of benzene rings is 2. The minimum absolute atomic E-state index is 0.269. The van der Waals surface area contributed by atoms with Crippen LogP contribution in [0.1, 0.15) is 0 Å². The summed E-state index contributed by atoms with van der Waals surface area (Å²) >= 11 is 25.6. The van der Waals surface area contributed by atoms with Gasteiger partial charge in [-0.15, -0.1) is 0 Å². The van der Waals surface area contributed by atoms with E-state index in [1.54, 1.807) is 31.4 Å². The fourth-order valence-electron chi connectivity index (χ4n) is 2.48. The second-order valence-electron chi connectivity index (χ2n) is 5.63. The molecule has 0 aliphatic heterocycles. The summed E-state index contributed by atoms with van der Waals surface area (Å²) in [5.74, 6) is -0.112. The first kappa shape index (κ1) is 21.4. The van der Waals surface area contributed by atoms with E-state index in [2.05, 4.69) is 4.99 Å². The lowest BCUT2D eigenvalue weighted by molar-refractivity contribution is -0.120. The summed E-state index contributed by atoms with van der Waals surface area (Å²) in [5.41, 5.74) is 0.751. The summed E-state index contributed by atoms with van der Waals surface area (Å²) in [5, 5.41) is 1.79. The number of ether oxygens (including phenoxy) is 2. The van der Waals surface area contributed by atoms with Gasteiger partial charge in [0.25, 0.3) is 5.91 Å². The second-order valence-corrected chi connectivity index (χ2v) is 8.33. The van der Waals surface area contributed by atoms with Crippen LogP contribution < -0.4 is 9.54 Å². The van der Waals surface area contributed by atoms with Crippen LogP contribution in [0.2, 0.25) is 20.1 Å². The van der Waals surface area contributed by atoms with Gasteiger partial charge in [0.1, 0.15) is 5.75 Å². The number of aromatic nitrogens is 1. The van der Waals surface area contributed by atoms with E-state index in [1.807, 2.05) is 4.57 Å². The number of nitrogens with zero attached hydrogens (tertiary/aromatic N) is 2. The first-order valence-electron chi connectivity index (χ1n) is 8.01. The highest BCUT2D eigenvalue weighted by atomic mass is 35.5. The molecule has 10 heteroatoms. The van der Waals surface area contributed by atoms with Crippen LogP contribution in [-0.2, 0) is 16.1 Å². The van der Waals surface area contributed by atoms with E-state index in [1.165, 1.54) is 17.4 Å². The second kappa shape index (κ2) is 9.48. The van der Waals surface area contributed by atoms with Crippen LogP contribution in [0, 0.1) is 0 Å². The van der Waals surface area contributed by atoms with E-state index in [0.29, 0.717) is 43.8 Å². The summed E-state index contributed by atoms with van der Waals surface area (Å²) < 4.78 is 13.3. The van der Waals surface area contributed by atoms with E-state index in [0.717, 1.165) is 10.2 Å². The van der Waals surface area contributed by atoms with Gasteiger partial charge in [0.15, 0.2) is 11.4 Å². The molecule has 2 aromatic carbocycles. The van der Waals surface area contributed by atoms with Gasteiger partial charge in [-0.05, 0) is 30.3 Å². The monoisotopic (exact) mass is 478 g/mol. The Morgan fingerprint density at radius 2 is 1.86 bits per heavy atom. The topological polar surface area (TPSA) is 52.8 Å². The van der Waals surface area contributed by atoms with Gasteiger partial charge in [0, 0.05) is 23.7 Å². The lowest BCUT2D eigenvalue weighted by atomic mass is 10.3. The maximum Gasteiger partial charge on any atom is 0.286 e. The molecule has 1 heterocycles. The van der Waals surface area contributed by atoms with Gasteiger partial charge < -0.3 is 14.0 Å². The highest BCUT2D eigenvalue weighted by molar-refractivity contribution is 7.16. The molecule has 0 fully saturated rings.